The third kappa shape index (κ3) is 1.74. The molecule has 3 rings (SSSR count). The van der Waals surface area contributed by atoms with Gasteiger partial charge in [-0.15, -0.1) is 0 Å². The molecule has 0 saturated carbocycles. The van der Waals surface area contributed by atoms with Gasteiger partial charge in [-0.05, 0) is 13.8 Å². The summed E-state index contributed by atoms with van der Waals surface area (Å²) in [4.78, 5) is 14.7. The second-order valence-corrected chi connectivity index (χ2v) is 5.01. The van der Waals surface area contributed by atoms with Crippen molar-refractivity contribution in [2.45, 2.75) is 26.3 Å². The first kappa shape index (κ1) is 11.7. The Kier molecular flexibility index (Phi) is 2.87. The molecule has 0 radical (unpaired) electrons. The highest BCUT2D eigenvalue weighted by atomic mass is 16.7. The molecule has 0 N–H and O–H groups in total. The first-order valence-corrected chi connectivity index (χ1v) is 6.50. The van der Waals surface area contributed by atoms with E-state index in [-0.39, 0.29) is 0 Å². The van der Waals surface area contributed by atoms with E-state index in [1.54, 1.807) is 7.11 Å². The van der Waals surface area contributed by atoms with E-state index in [0.717, 1.165) is 26.2 Å². The molecule has 0 aromatic rings. The van der Waals surface area contributed by atoms with Gasteiger partial charge in [0, 0.05) is 25.4 Å². The Morgan fingerprint density at radius 2 is 2.33 bits per heavy atom. The third-order valence-electron chi connectivity index (χ3n) is 3.73. The Balaban J connectivity index is 1.93. The van der Waals surface area contributed by atoms with Crippen LogP contribution >= 0.6 is 0 Å². The molecule has 0 spiro atoms. The van der Waals surface area contributed by atoms with Crippen molar-refractivity contribution in [3.8, 4) is 0 Å². The minimum absolute atomic E-state index is 0.338. The van der Waals surface area contributed by atoms with Crippen molar-refractivity contribution in [3.63, 3.8) is 0 Å². The maximum atomic E-state index is 5.35. The number of fused-ring (bicyclic) bond motifs is 2. The van der Waals surface area contributed by atoms with Gasteiger partial charge < -0.3 is 14.6 Å². The number of aliphatic imine (C=N–C) groups is 1. The average molecular weight is 248 g/mol. The van der Waals surface area contributed by atoms with Crippen molar-refractivity contribution in [3.05, 3.63) is 23.3 Å². The van der Waals surface area contributed by atoms with Crippen molar-refractivity contribution in [2.24, 2.45) is 4.99 Å². The van der Waals surface area contributed by atoms with Crippen molar-refractivity contribution >= 4 is 6.21 Å². The molecule has 0 bridgehead atoms. The molecule has 0 aromatic heterocycles. The summed E-state index contributed by atoms with van der Waals surface area (Å²) in [5, 5.41) is 1.98. The second-order valence-electron chi connectivity index (χ2n) is 5.01. The summed E-state index contributed by atoms with van der Waals surface area (Å²) in [6.45, 7) is 7.02. The van der Waals surface area contributed by atoms with Gasteiger partial charge in [0.25, 0.3) is 0 Å². The molecule has 5 nitrogen and oxygen atoms in total. The van der Waals surface area contributed by atoms with Gasteiger partial charge in [-0.3, -0.25) is 4.99 Å². The Labute approximate surface area is 108 Å². The van der Waals surface area contributed by atoms with E-state index >= 15 is 0 Å². The molecule has 3 aliphatic rings. The highest BCUT2D eigenvalue weighted by molar-refractivity contribution is 5.69. The zero-order chi connectivity index (χ0) is 12.7. The predicted molar refractivity (Wildman–Crippen MR) is 70.5 cm³/mol. The summed E-state index contributed by atoms with van der Waals surface area (Å²) >= 11 is 0. The maximum absolute atomic E-state index is 5.35. The number of hydrogen-bond donors (Lipinski definition) is 0. The lowest BCUT2D eigenvalue weighted by atomic mass is 10.1. The quantitative estimate of drug-likeness (QED) is 0.738. The molecule has 5 heteroatoms. The molecular formula is C13H20N4O. The van der Waals surface area contributed by atoms with Gasteiger partial charge >= 0.3 is 0 Å². The molecule has 0 aliphatic carbocycles. The van der Waals surface area contributed by atoms with E-state index in [9.17, 15) is 0 Å². The molecule has 0 amide bonds. The monoisotopic (exact) mass is 248 g/mol. The van der Waals surface area contributed by atoms with Crippen molar-refractivity contribution in [2.75, 3.05) is 26.9 Å². The van der Waals surface area contributed by atoms with Gasteiger partial charge in [0.2, 0.25) is 0 Å². The normalized spacial score (nSPS) is 27.5. The summed E-state index contributed by atoms with van der Waals surface area (Å²) in [7, 11) is 1.73. The van der Waals surface area contributed by atoms with Crippen molar-refractivity contribution in [1.82, 2.24) is 14.9 Å². The van der Waals surface area contributed by atoms with Gasteiger partial charge in [0.05, 0.1) is 32.1 Å². The van der Waals surface area contributed by atoms with Gasteiger partial charge in [-0.1, -0.05) is 5.57 Å². The summed E-state index contributed by atoms with van der Waals surface area (Å²) < 4.78 is 0. The molecule has 98 valence electrons. The van der Waals surface area contributed by atoms with Crippen LogP contribution in [0.25, 0.3) is 0 Å². The molecule has 3 aliphatic heterocycles. The van der Waals surface area contributed by atoms with Crippen molar-refractivity contribution < 1.29 is 4.84 Å². The predicted octanol–water partition coefficient (Wildman–Crippen LogP) is 1.37. The van der Waals surface area contributed by atoms with Crippen LogP contribution in [0.5, 0.6) is 0 Å². The van der Waals surface area contributed by atoms with E-state index in [1.165, 1.54) is 17.1 Å². The Bertz CT molecular complexity index is 440. The third-order valence-corrected chi connectivity index (χ3v) is 3.73. The van der Waals surface area contributed by atoms with Crippen LogP contribution < -0.4 is 0 Å². The van der Waals surface area contributed by atoms with Crippen LogP contribution in [0.1, 0.15) is 20.3 Å². The fourth-order valence-corrected chi connectivity index (χ4v) is 2.86. The van der Waals surface area contributed by atoms with Crippen LogP contribution in [-0.4, -0.2) is 54.0 Å². The average Bonchev–Trinajstić information content (AvgIpc) is 2.80. The lowest BCUT2D eigenvalue weighted by Crippen LogP contribution is -2.42. The fraction of sp³-hybridized carbons (Fsp3) is 0.615. The standard InChI is InChI=1S/C13H20N4O/c1-4-15-7-10(2)5-12-13(15)17-9-16(18-3)8-11(17)6-14-12/h6-7,11H,4-5,8-9H2,1-3H3. The van der Waals surface area contributed by atoms with Crippen molar-refractivity contribution in [1.29, 1.82) is 0 Å². The van der Waals surface area contributed by atoms with E-state index in [1.807, 2.05) is 5.06 Å². The van der Waals surface area contributed by atoms with E-state index in [2.05, 4.69) is 41.1 Å². The highest BCUT2D eigenvalue weighted by Gasteiger charge is 2.37. The van der Waals surface area contributed by atoms with Crippen LogP contribution in [0, 0.1) is 0 Å². The van der Waals surface area contributed by atoms with Crippen LogP contribution in [0.3, 0.4) is 0 Å². The summed E-state index contributed by atoms with van der Waals surface area (Å²) in [5.41, 5.74) is 2.56. The SMILES string of the molecule is CCN1C=C(C)CC2=C1N1CN(OC)CC1C=N2. The number of nitrogens with zero attached hydrogens (tertiary/aromatic N) is 4. The fourth-order valence-electron chi connectivity index (χ4n) is 2.86. The number of allylic oxidation sites excluding steroid dienone is 1. The Hall–Kier alpha value is -1.33. The molecule has 0 aromatic carbocycles. The van der Waals surface area contributed by atoms with Crippen LogP contribution in [0.15, 0.2) is 28.3 Å². The summed E-state index contributed by atoms with van der Waals surface area (Å²) in [5.74, 6) is 1.26. The topological polar surface area (TPSA) is 31.3 Å². The first-order chi connectivity index (χ1) is 8.72. The first-order valence-electron chi connectivity index (χ1n) is 6.50. The molecule has 1 saturated heterocycles. The lowest BCUT2D eigenvalue weighted by Gasteiger charge is -2.39. The van der Waals surface area contributed by atoms with E-state index in [0.29, 0.717) is 6.04 Å². The largest absolute Gasteiger partial charge is 0.333 e. The number of rotatable bonds is 2. The van der Waals surface area contributed by atoms with Crippen LogP contribution in [0.2, 0.25) is 0 Å². The Morgan fingerprint density at radius 1 is 1.50 bits per heavy atom. The minimum Gasteiger partial charge on any atom is -0.333 e. The van der Waals surface area contributed by atoms with Gasteiger partial charge in [0.1, 0.15) is 5.82 Å². The smallest absolute Gasteiger partial charge is 0.132 e. The number of hydrogen-bond acceptors (Lipinski definition) is 5. The maximum Gasteiger partial charge on any atom is 0.132 e. The second kappa shape index (κ2) is 4.40. The van der Waals surface area contributed by atoms with Crippen LogP contribution in [-0.2, 0) is 4.84 Å². The van der Waals surface area contributed by atoms with Gasteiger partial charge in [-0.25, -0.2) is 0 Å². The summed E-state index contributed by atoms with van der Waals surface area (Å²) in [6.07, 6.45) is 5.26. The highest BCUT2D eigenvalue weighted by Crippen LogP contribution is 2.33. The van der Waals surface area contributed by atoms with Gasteiger partial charge in [-0.2, -0.15) is 5.06 Å². The molecule has 3 heterocycles. The Morgan fingerprint density at radius 3 is 3.06 bits per heavy atom. The molecule has 1 unspecified atom stereocenters. The minimum atomic E-state index is 0.338. The zero-order valence-corrected chi connectivity index (χ0v) is 11.3. The van der Waals surface area contributed by atoms with Gasteiger partial charge in [0.15, 0.2) is 0 Å². The molecular weight excluding hydrogens is 228 g/mol. The number of hydroxylamine groups is 2. The molecule has 18 heavy (non-hydrogen) atoms. The zero-order valence-electron chi connectivity index (χ0n) is 11.3. The van der Waals surface area contributed by atoms with Crippen LogP contribution in [0.4, 0.5) is 0 Å². The van der Waals surface area contributed by atoms with E-state index < -0.39 is 0 Å². The van der Waals surface area contributed by atoms with E-state index in [4.69, 9.17) is 4.84 Å². The lowest BCUT2D eigenvalue weighted by molar-refractivity contribution is -0.121. The molecule has 1 fully saturated rings. The summed E-state index contributed by atoms with van der Waals surface area (Å²) in [6, 6.07) is 0.338. The molecule has 1 atom stereocenters.